The zero-order valence-corrected chi connectivity index (χ0v) is 15.8. The summed E-state index contributed by atoms with van der Waals surface area (Å²) in [6, 6.07) is 14.2. The lowest BCUT2D eigenvalue weighted by Crippen LogP contribution is -1.92. The van der Waals surface area contributed by atoms with Gasteiger partial charge in [-0.2, -0.15) is 5.26 Å². The average Bonchev–Trinajstić information content (AvgIpc) is 3.08. The number of nitrogens with zero attached hydrogens (tertiary/aromatic N) is 2. The maximum Gasteiger partial charge on any atom is 0.141 e. The molecule has 0 amide bonds. The molecule has 3 rings (SSSR count). The first kappa shape index (κ1) is 17.6. The van der Waals surface area contributed by atoms with E-state index in [-0.39, 0.29) is 5.02 Å². The standard InChI is InChI=1S/C18H10BrClFN3S/c19-13-3-1-2-11(6-13)17-10-25-18(24-17)12(8-22)9-23-14-4-5-16(21)15(20)7-14/h1-7,9-10,23H. The van der Waals surface area contributed by atoms with Gasteiger partial charge in [0.25, 0.3) is 0 Å². The summed E-state index contributed by atoms with van der Waals surface area (Å²) in [7, 11) is 0. The van der Waals surface area contributed by atoms with Gasteiger partial charge in [0.15, 0.2) is 0 Å². The largest absolute Gasteiger partial charge is 0.360 e. The predicted octanol–water partition coefficient (Wildman–Crippen LogP) is 6.34. The van der Waals surface area contributed by atoms with Crippen LogP contribution in [0.25, 0.3) is 16.8 Å². The third kappa shape index (κ3) is 4.26. The molecule has 2 aromatic carbocycles. The van der Waals surface area contributed by atoms with Crippen molar-refractivity contribution in [1.29, 1.82) is 5.26 Å². The number of halogens is 3. The lowest BCUT2D eigenvalue weighted by Gasteiger charge is -2.02. The number of aromatic nitrogens is 1. The maximum absolute atomic E-state index is 13.2. The van der Waals surface area contributed by atoms with Crippen molar-refractivity contribution >= 4 is 50.1 Å². The summed E-state index contributed by atoms with van der Waals surface area (Å²) in [5.41, 5.74) is 2.73. The zero-order valence-electron chi connectivity index (χ0n) is 12.6. The van der Waals surface area contributed by atoms with E-state index in [1.807, 2.05) is 29.6 Å². The lowest BCUT2D eigenvalue weighted by molar-refractivity contribution is 0.628. The third-order valence-electron chi connectivity index (χ3n) is 3.28. The fraction of sp³-hybridized carbons (Fsp3) is 0. The van der Waals surface area contributed by atoms with Crippen molar-refractivity contribution in [3.8, 4) is 17.3 Å². The second-order valence-electron chi connectivity index (χ2n) is 4.99. The molecule has 0 aliphatic heterocycles. The van der Waals surface area contributed by atoms with Crippen LogP contribution in [0, 0.1) is 17.1 Å². The lowest BCUT2D eigenvalue weighted by atomic mass is 10.2. The molecule has 0 spiro atoms. The molecule has 25 heavy (non-hydrogen) atoms. The van der Waals surface area contributed by atoms with E-state index in [2.05, 4.69) is 32.3 Å². The van der Waals surface area contributed by atoms with E-state index in [1.54, 1.807) is 6.07 Å². The predicted molar refractivity (Wildman–Crippen MR) is 104 cm³/mol. The molecule has 0 unspecified atom stereocenters. The first-order chi connectivity index (χ1) is 12.1. The first-order valence-corrected chi connectivity index (χ1v) is 9.15. The highest BCUT2D eigenvalue weighted by Gasteiger charge is 2.09. The van der Waals surface area contributed by atoms with Crippen molar-refractivity contribution < 1.29 is 4.39 Å². The number of thiazole rings is 1. The highest BCUT2D eigenvalue weighted by Crippen LogP contribution is 2.28. The second kappa shape index (κ2) is 7.79. The van der Waals surface area contributed by atoms with Crippen molar-refractivity contribution in [1.82, 2.24) is 4.98 Å². The van der Waals surface area contributed by atoms with Crippen molar-refractivity contribution in [3.63, 3.8) is 0 Å². The van der Waals surface area contributed by atoms with Crippen molar-refractivity contribution in [2.75, 3.05) is 5.32 Å². The van der Waals surface area contributed by atoms with Gasteiger partial charge < -0.3 is 5.32 Å². The van der Waals surface area contributed by atoms with Gasteiger partial charge in [0.2, 0.25) is 0 Å². The maximum atomic E-state index is 13.2. The molecular weight excluding hydrogens is 425 g/mol. The minimum absolute atomic E-state index is 0.0168. The van der Waals surface area contributed by atoms with Gasteiger partial charge in [-0.05, 0) is 30.3 Å². The van der Waals surface area contributed by atoms with Crippen LogP contribution in [0.4, 0.5) is 10.1 Å². The molecule has 0 saturated carbocycles. The second-order valence-corrected chi connectivity index (χ2v) is 7.17. The van der Waals surface area contributed by atoms with Gasteiger partial charge in [-0.1, -0.05) is 39.7 Å². The Labute approximate surface area is 161 Å². The molecule has 0 radical (unpaired) electrons. The van der Waals surface area contributed by atoms with Crippen molar-refractivity contribution in [2.45, 2.75) is 0 Å². The number of nitriles is 1. The highest BCUT2D eigenvalue weighted by atomic mass is 79.9. The van der Waals surface area contributed by atoms with Gasteiger partial charge in [-0.3, -0.25) is 0 Å². The average molecular weight is 435 g/mol. The highest BCUT2D eigenvalue weighted by molar-refractivity contribution is 9.10. The quantitative estimate of drug-likeness (QED) is 0.487. The molecule has 0 saturated heterocycles. The van der Waals surface area contributed by atoms with Crippen LogP contribution in [-0.2, 0) is 0 Å². The van der Waals surface area contributed by atoms with Crippen LogP contribution in [0.15, 0.2) is 58.5 Å². The van der Waals surface area contributed by atoms with Gasteiger partial charge >= 0.3 is 0 Å². The van der Waals surface area contributed by atoms with Crippen LogP contribution in [0.2, 0.25) is 5.02 Å². The fourth-order valence-corrected chi connectivity index (χ4v) is 3.44. The van der Waals surface area contributed by atoms with Crippen LogP contribution >= 0.6 is 38.9 Å². The number of allylic oxidation sites excluding steroid dienone is 1. The van der Waals surface area contributed by atoms with Crippen molar-refractivity contribution in [2.24, 2.45) is 0 Å². The van der Waals surface area contributed by atoms with Gasteiger partial charge in [-0.25, -0.2) is 9.37 Å². The van der Waals surface area contributed by atoms with E-state index in [0.29, 0.717) is 16.3 Å². The Hall–Kier alpha value is -2.20. The topological polar surface area (TPSA) is 48.7 Å². The van der Waals surface area contributed by atoms with Crippen LogP contribution in [0.3, 0.4) is 0 Å². The molecule has 0 atom stereocenters. The minimum atomic E-state index is -0.490. The van der Waals surface area contributed by atoms with Gasteiger partial charge in [-0.15, -0.1) is 11.3 Å². The number of benzene rings is 2. The van der Waals surface area contributed by atoms with E-state index >= 15 is 0 Å². The summed E-state index contributed by atoms with van der Waals surface area (Å²) in [6.45, 7) is 0. The number of hydrogen-bond acceptors (Lipinski definition) is 4. The van der Waals surface area contributed by atoms with Crippen LogP contribution in [0.1, 0.15) is 5.01 Å². The van der Waals surface area contributed by atoms with Gasteiger partial charge in [0.05, 0.1) is 10.7 Å². The molecule has 1 heterocycles. The number of rotatable bonds is 4. The van der Waals surface area contributed by atoms with Crippen LogP contribution in [-0.4, -0.2) is 4.98 Å². The Morgan fingerprint density at radius 3 is 2.88 bits per heavy atom. The number of nitrogens with one attached hydrogen (secondary N) is 1. The minimum Gasteiger partial charge on any atom is -0.360 e. The Bertz CT molecular complexity index is 994. The van der Waals surface area contributed by atoms with Crippen LogP contribution in [0.5, 0.6) is 0 Å². The summed E-state index contributed by atoms with van der Waals surface area (Å²) in [4.78, 5) is 4.52. The monoisotopic (exact) mass is 433 g/mol. The molecule has 0 bridgehead atoms. The summed E-state index contributed by atoms with van der Waals surface area (Å²) < 4.78 is 14.1. The number of anilines is 1. The van der Waals surface area contributed by atoms with Crippen molar-refractivity contribution in [3.05, 3.63) is 74.4 Å². The third-order valence-corrected chi connectivity index (χ3v) is 4.94. The first-order valence-electron chi connectivity index (χ1n) is 7.10. The summed E-state index contributed by atoms with van der Waals surface area (Å²) in [5, 5.41) is 14.9. The molecule has 1 aromatic heterocycles. The Morgan fingerprint density at radius 2 is 2.16 bits per heavy atom. The number of hydrogen-bond donors (Lipinski definition) is 1. The van der Waals surface area contributed by atoms with Gasteiger partial charge in [0.1, 0.15) is 22.5 Å². The van der Waals surface area contributed by atoms with E-state index in [0.717, 1.165) is 15.7 Å². The molecule has 0 aliphatic carbocycles. The molecule has 0 aliphatic rings. The zero-order chi connectivity index (χ0) is 17.8. The Balaban J connectivity index is 1.84. The van der Waals surface area contributed by atoms with E-state index < -0.39 is 5.82 Å². The van der Waals surface area contributed by atoms with Crippen LogP contribution < -0.4 is 5.32 Å². The molecule has 3 aromatic rings. The molecule has 124 valence electrons. The molecule has 1 N–H and O–H groups in total. The van der Waals surface area contributed by atoms with E-state index in [9.17, 15) is 9.65 Å². The molecule has 7 heteroatoms. The molecular formula is C18H10BrClFN3S. The Morgan fingerprint density at radius 1 is 1.32 bits per heavy atom. The van der Waals surface area contributed by atoms with E-state index in [1.165, 1.54) is 29.7 Å². The Kier molecular flexibility index (Phi) is 5.49. The molecule has 3 nitrogen and oxygen atoms in total. The fourth-order valence-electron chi connectivity index (χ4n) is 2.06. The normalized spacial score (nSPS) is 11.2. The van der Waals surface area contributed by atoms with Gasteiger partial charge in [0, 0.05) is 27.3 Å². The summed E-state index contributed by atoms with van der Waals surface area (Å²) in [6.07, 6.45) is 1.53. The summed E-state index contributed by atoms with van der Waals surface area (Å²) >= 11 is 10.6. The van der Waals surface area contributed by atoms with E-state index in [4.69, 9.17) is 11.6 Å². The summed E-state index contributed by atoms with van der Waals surface area (Å²) in [5.74, 6) is -0.490. The molecule has 0 fully saturated rings. The SMILES string of the molecule is N#CC(=CNc1ccc(F)c(Cl)c1)c1nc(-c2cccc(Br)c2)cs1. The smallest absolute Gasteiger partial charge is 0.141 e.